The van der Waals surface area contributed by atoms with Gasteiger partial charge >= 0.3 is 5.97 Å². The highest BCUT2D eigenvalue weighted by molar-refractivity contribution is 5.71. The molecule has 3 nitrogen and oxygen atoms in total. The van der Waals surface area contributed by atoms with Crippen molar-refractivity contribution in [2.24, 2.45) is 0 Å². The third kappa shape index (κ3) is 3.95. The zero-order valence-corrected chi connectivity index (χ0v) is 12.6. The Labute approximate surface area is 131 Å². The van der Waals surface area contributed by atoms with Crippen molar-refractivity contribution in [3.63, 3.8) is 0 Å². The highest BCUT2D eigenvalue weighted by atomic mass is 16.5. The number of benzene rings is 2. The number of esters is 1. The fraction of sp³-hybridized carbons (Fsp3) is 0.263. The van der Waals surface area contributed by atoms with Gasteiger partial charge in [-0.3, -0.25) is 4.79 Å². The Hall–Kier alpha value is -2.60. The van der Waals surface area contributed by atoms with Crippen molar-refractivity contribution < 1.29 is 9.53 Å². The Morgan fingerprint density at radius 2 is 1.59 bits per heavy atom. The van der Waals surface area contributed by atoms with Crippen LogP contribution in [0.25, 0.3) is 0 Å². The van der Waals surface area contributed by atoms with Gasteiger partial charge in [-0.25, -0.2) is 0 Å². The van der Waals surface area contributed by atoms with Crippen LogP contribution in [0.3, 0.4) is 0 Å². The zero-order valence-electron chi connectivity index (χ0n) is 12.6. The first-order valence-corrected chi connectivity index (χ1v) is 7.41. The van der Waals surface area contributed by atoms with E-state index in [1.54, 1.807) is 6.92 Å². The highest BCUT2D eigenvalue weighted by Gasteiger charge is 2.27. The Bertz CT molecular complexity index is 631. The Morgan fingerprint density at radius 3 is 2.09 bits per heavy atom. The number of hydrogen-bond acceptors (Lipinski definition) is 3. The molecule has 0 spiro atoms. The minimum atomic E-state index is -0.381. The van der Waals surface area contributed by atoms with E-state index in [0.29, 0.717) is 6.61 Å². The summed E-state index contributed by atoms with van der Waals surface area (Å²) >= 11 is 0. The largest absolute Gasteiger partial charge is 0.466 e. The van der Waals surface area contributed by atoms with Gasteiger partial charge in [0, 0.05) is 5.92 Å². The second-order valence-electron chi connectivity index (χ2n) is 5.04. The molecule has 3 heteroatoms. The SMILES string of the molecule is CCOC(=O)C[C@@H](c1ccccc1)[C@H](C#N)c1ccccc1. The van der Waals surface area contributed by atoms with Crippen molar-refractivity contribution >= 4 is 5.97 Å². The summed E-state index contributed by atoms with van der Waals surface area (Å²) in [5, 5.41) is 9.65. The monoisotopic (exact) mass is 293 g/mol. The van der Waals surface area contributed by atoms with Crippen LogP contribution in [0.15, 0.2) is 60.7 Å². The van der Waals surface area contributed by atoms with Crippen LogP contribution in [0.4, 0.5) is 0 Å². The van der Waals surface area contributed by atoms with E-state index in [4.69, 9.17) is 4.74 Å². The molecule has 0 heterocycles. The van der Waals surface area contributed by atoms with E-state index >= 15 is 0 Å². The van der Waals surface area contributed by atoms with Crippen molar-refractivity contribution in [1.29, 1.82) is 5.26 Å². The predicted octanol–water partition coefficient (Wildman–Crippen LogP) is 4.03. The number of rotatable bonds is 6. The lowest BCUT2D eigenvalue weighted by Gasteiger charge is -2.22. The fourth-order valence-corrected chi connectivity index (χ4v) is 2.59. The molecule has 0 N–H and O–H groups in total. The van der Waals surface area contributed by atoms with Gasteiger partial charge in [0.15, 0.2) is 0 Å². The lowest BCUT2D eigenvalue weighted by molar-refractivity contribution is -0.143. The molecule has 2 aromatic carbocycles. The van der Waals surface area contributed by atoms with Crippen LogP contribution in [0.2, 0.25) is 0 Å². The van der Waals surface area contributed by atoms with Crippen molar-refractivity contribution in [2.75, 3.05) is 6.61 Å². The van der Waals surface area contributed by atoms with E-state index < -0.39 is 0 Å². The summed E-state index contributed by atoms with van der Waals surface area (Å²) in [6.07, 6.45) is 0.199. The molecule has 0 saturated carbocycles. The van der Waals surface area contributed by atoms with Crippen LogP contribution in [0.5, 0.6) is 0 Å². The summed E-state index contributed by atoms with van der Waals surface area (Å²) < 4.78 is 5.08. The smallest absolute Gasteiger partial charge is 0.306 e. The van der Waals surface area contributed by atoms with Crippen LogP contribution in [0, 0.1) is 11.3 Å². The molecular formula is C19H19NO2. The van der Waals surface area contributed by atoms with Crippen molar-refractivity contribution in [3.05, 3.63) is 71.8 Å². The van der Waals surface area contributed by atoms with Crippen LogP contribution in [-0.2, 0) is 9.53 Å². The molecule has 2 rings (SSSR count). The molecule has 0 aliphatic rings. The Balaban J connectivity index is 2.34. The summed E-state index contributed by atoms with van der Waals surface area (Å²) in [6, 6.07) is 21.6. The van der Waals surface area contributed by atoms with Gasteiger partial charge in [0.2, 0.25) is 0 Å². The van der Waals surface area contributed by atoms with Gasteiger partial charge in [-0.1, -0.05) is 60.7 Å². The Kier molecular flexibility index (Phi) is 5.73. The molecule has 0 aromatic heterocycles. The third-order valence-corrected chi connectivity index (χ3v) is 3.62. The lowest BCUT2D eigenvalue weighted by atomic mass is 9.80. The maximum absolute atomic E-state index is 11.9. The molecule has 0 fully saturated rings. The first-order chi connectivity index (χ1) is 10.8. The van der Waals surface area contributed by atoms with E-state index in [-0.39, 0.29) is 24.2 Å². The molecule has 112 valence electrons. The van der Waals surface area contributed by atoms with Gasteiger partial charge < -0.3 is 4.74 Å². The predicted molar refractivity (Wildman–Crippen MR) is 85.2 cm³/mol. The maximum atomic E-state index is 11.9. The quantitative estimate of drug-likeness (QED) is 0.755. The maximum Gasteiger partial charge on any atom is 0.306 e. The number of ether oxygens (including phenoxy) is 1. The standard InChI is InChI=1S/C19H19NO2/c1-2-22-19(21)13-17(15-9-5-3-6-10-15)18(14-20)16-11-7-4-8-12-16/h3-12,17-18H,2,13H2,1H3/t17-,18+/m0/s1. The molecule has 0 amide bonds. The van der Waals surface area contributed by atoms with Crippen molar-refractivity contribution in [2.45, 2.75) is 25.2 Å². The number of nitrogens with zero attached hydrogens (tertiary/aromatic N) is 1. The summed E-state index contributed by atoms with van der Waals surface area (Å²) in [4.78, 5) is 11.9. The number of carbonyl (C=O) groups excluding carboxylic acids is 1. The molecule has 2 atom stereocenters. The molecule has 22 heavy (non-hydrogen) atoms. The van der Waals surface area contributed by atoms with Crippen molar-refractivity contribution in [3.8, 4) is 6.07 Å². The van der Waals surface area contributed by atoms with Crippen molar-refractivity contribution in [1.82, 2.24) is 0 Å². The molecule has 0 aliphatic carbocycles. The highest BCUT2D eigenvalue weighted by Crippen LogP contribution is 2.35. The molecular weight excluding hydrogens is 274 g/mol. The summed E-state index contributed by atoms with van der Waals surface area (Å²) in [7, 11) is 0. The minimum absolute atomic E-state index is 0.199. The molecule has 0 radical (unpaired) electrons. The Morgan fingerprint density at radius 1 is 1.05 bits per heavy atom. The fourth-order valence-electron chi connectivity index (χ4n) is 2.59. The van der Waals surface area contributed by atoms with Gasteiger partial charge in [-0.05, 0) is 18.1 Å². The van der Waals surface area contributed by atoms with Crippen LogP contribution in [0.1, 0.15) is 36.3 Å². The first kappa shape index (κ1) is 15.8. The molecule has 0 unspecified atom stereocenters. The number of hydrogen-bond donors (Lipinski definition) is 0. The van der Waals surface area contributed by atoms with Gasteiger partial charge in [-0.15, -0.1) is 0 Å². The van der Waals surface area contributed by atoms with Crippen LogP contribution in [-0.4, -0.2) is 12.6 Å². The molecule has 0 bridgehead atoms. The van der Waals surface area contributed by atoms with E-state index in [1.165, 1.54) is 0 Å². The van der Waals surface area contributed by atoms with Crippen LogP contribution < -0.4 is 0 Å². The number of carbonyl (C=O) groups is 1. The second kappa shape index (κ2) is 7.99. The first-order valence-electron chi connectivity index (χ1n) is 7.41. The average Bonchev–Trinajstić information content (AvgIpc) is 2.57. The van der Waals surface area contributed by atoms with Gasteiger partial charge in [0.1, 0.15) is 0 Å². The molecule has 2 aromatic rings. The third-order valence-electron chi connectivity index (χ3n) is 3.62. The summed E-state index contributed by atoms with van der Waals surface area (Å²) in [5.74, 6) is -0.867. The normalized spacial score (nSPS) is 12.9. The van der Waals surface area contributed by atoms with E-state index in [2.05, 4.69) is 6.07 Å². The van der Waals surface area contributed by atoms with Gasteiger partial charge in [0.05, 0.1) is 25.0 Å². The van der Waals surface area contributed by atoms with E-state index in [1.807, 2.05) is 60.7 Å². The van der Waals surface area contributed by atoms with Gasteiger partial charge in [-0.2, -0.15) is 5.26 Å². The summed E-state index contributed by atoms with van der Waals surface area (Å²) in [6.45, 7) is 2.14. The van der Waals surface area contributed by atoms with E-state index in [0.717, 1.165) is 11.1 Å². The lowest BCUT2D eigenvalue weighted by Crippen LogP contribution is -2.16. The zero-order chi connectivity index (χ0) is 15.8. The van der Waals surface area contributed by atoms with E-state index in [9.17, 15) is 10.1 Å². The van der Waals surface area contributed by atoms with Gasteiger partial charge in [0.25, 0.3) is 0 Å². The minimum Gasteiger partial charge on any atom is -0.466 e. The molecule has 0 saturated heterocycles. The topological polar surface area (TPSA) is 50.1 Å². The summed E-state index contributed by atoms with van der Waals surface area (Å²) in [5.41, 5.74) is 1.90. The molecule has 0 aliphatic heterocycles. The van der Waals surface area contributed by atoms with Crippen LogP contribution >= 0.6 is 0 Å². The number of nitriles is 1. The second-order valence-corrected chi connectivity index (χ2v) is 5.04. The average molecular weight is 293 g/mol.